The van der Waals surface area contributed by atoms with E-state index in [0.717, 1.165) is 26.1 Å². The minimum Gasteiger partial charge on any atom is -0.508 e. The molecule has 0 aromatic heterocycles. The van der Waals surface area contributed by atoms with Crippen LogP contribution in [0.15, 0.2) is 18.2 Å². The third-order valence-electron chi connectivity index (χ3n) is 3.86. The number of hydrogen-bond donors (Lipinski definition) is 3. The summed E-state index contributed by atoms with van der Waals surface area (Å²) in [6.07, 6.45) is 1.02. The van der Waals surface area contributed by atoms with Crippen molar-refractivity contribution in [3.8, 4) is 11.5 Å². The Morgan fingerprint density at radius 3 is 2.67 bits per heavy atom. The van der Waals surface area contributed by atoms with E-state index in [2.05, 4.69) is 5.32 Å². The summed E-state index contributed by atoms with van der Waals surface area (Å²) in [5, 5.41) is 22.2. The van der Waals surface area contributed by atoms with Gasteiger partial charge in [-0.2, -0.15) is 0 Å². The number of carbonyl (C=O) groups is 1. The highest BCUT2D eigenvalue weighted by atomic mass is 16.3. The summed E-state index contributed by atoms with van der Waals surface area (Å²) in [6, 6.07) is 4.28. The smallest absolute Gasteiger partial charge is 0.254 e. The fraction of sp³-hybridized carbons (Fsp3) is 0.462. The number of nitrogens with zero attached hydrogens (tertiary/aromatic N) is 1. The molecule has 5 nitrogen and oxygen atoms in total. The molecule has 3 rings (SSSR count). The Bertz CT molecular complexity index is 469. The lowest BCUT2D eigenvalue weighted by atomic mass is 10.0. The van der Waals surface area contributed by atoms with E-state index in [1.54, 1.807) is 0 Å². The molecular weight excluding hydrogens is 232 g/mol. The van der Waals surface area contributed by atoms with E-state index in [1.807, 2.05) is 4.90 Å². The number of nitrogens with one attached hydrogen (secondary N) is 1. The Hall–Kier alpha value is -1.75. The zero-order chi connectivity index (χ0) is 12.7. The SMILES string of the molecule is O=C(c1cc(O)cc(O)c1)N1CC[C@H]2CNC[C@H]21. The second-order valence-corrected chi connectivity index (χ2v) is 5.01. The van der Waals surface area contributed by atoms with Gasteiger partial charge in [0.15, 0.2) is 0 Å². The second-order valence-electron chi connectivity index (χ2n) is 5.01. The molecule has 96 valence electrons. The average molecular weight is 248 g/mol. The van der Waals surface area contributed by atoms with Crippen molar-refractivity contribution in [2.24, 2.45) is 5.92 Å². The third-order valence-corrected chi connectivity index (χ3v) is 3.86. The predicted octanol–water partition coefficient (Wildman–Crippen LogP) is 0.532. The lowest BCUT2D eigenvalue weighted by molar-refractivity contribution is 0.0736. The fourth-order valence-corrected chi connectivity index (χ4v) is 2.99. The first kappa shape index (κ1) is 11.3. The van der Waals surface area contributed by atoms with Crippen LogP contribution in [-0.4, -0.2) is 46.7 Å². The monoisotopic (exact) mass is 248 g/mol. The number of carbonyl (C=O) groups excluding carboxylic acids is 1. The number of phenols is 2. The summed E-state index contributed by atoms with van der Waals surface area (Å²) in [4.78, 5) is 14.2. The summed E-state index contributed by atoms with van der Waals surface area (Å²) in [6.45, 7) is 2.56. The van der Waals surface area contributed by atoms with Gasteiger partial charge in [0.1, 0.15) is 11.5 Å². The van der Waals surface area contributed by atoms with Crippen LogP contribution < -0.4 is 5.32 Å². The number of amides is 1. The van der Waals surface area contributed by atoms with Gasteiger partial charge in [-0.25, -0.2) is 0 Å². The highest BCUT2D eigenvalue weighted by Gasteiger charge is 2.40. The molecule has 2 aliphatic heterocycles. The molecule has 1 amide bonds. The van der Waals surface area contributed by atoms with E-state index in [-0.39, 0.29) is 23.4 Å². The minimum atomic E-state index is -0.114. The van der Waals surface area contributed by atoms with Gasteiger partial charge in [-0.15, -0.1) is 0 Å². The maximum Gasteiger partial charge on any atom is 0.254 e. The van der Waals surface area contributed by atoms with E-state index >= 15 is 0 Å². The fourth-order valence-electron chi connectivity index (χ4n) is 2.99. The summed E-state index contributed by atoms with van der Waals surface area (Å²) in [5.41, 5.74) is 0.347. The van der Waals surface area contributed by atoms with Crippen LogP contribution in [0.2, 0.25) is 0 Å². The van der Waals surface area contributed by atoms with Gasteiger partial charge in [0.2, 0.25) is 0 Å². The highest BCUT2D eigenvalue weighted by molar-refractivity contribution is 5.95. The van der Waals surface area contributed by atoms with Crippen molar-refractivity contribution in [1.29, 1.82) is 0 Å². The molecule has 2 saturated heterocycles. The van der Waals surface area contributed by atoms with Crippen molar-refractivity contribution >= 4 is 5.91 Å². The van der Waals surface area contributed by atoms with Gasteiger partial charge in [-0.3, -0.25) is 4.79 Å². The zero-order valence-electron chi connectivity index (χ0n) is 9.97. The molecule has 2 fully saturated rings. The quantitative estimate of drug-likeness (QED) is 0.678. The van der Waals surface area contributed by atoms with Gasteiger partial charge in [-0.1, -0.05) is 0 Å². The van der Waals surface area contributed by atoms with Crippen LogP contribution in [0.4, 0.5) is 0 Å². The lowest BCUT2D eigenvalue weighted by Crippen LogP contribution is -2.39. The van der Waals surface area contributed by atoms with Gasteiger partial charge in [0.25, 0.3) is 5.91 Å². The number of phenolic OH excluding ortho intramolecular Hbond substituents is 2. The first-order valence-corrected chi connectivity index (χ1v) is 6.20. The summed E-state index contributed by atoms with van der Waals surface area (Å²) in [5.74, 6) is 0.259. The molecule has 5 heteroatoms. The molecule has 2 heterocycles. The molecule has 3 N–H and O–H groups in total. The standard InChI is InChI=1S/C13H16N2O3/c16-10-3-9(4-11(17)5-10)13(18)15-2-1-8-6-14-7-12(8)15/h3-5,8,12,14,16-17H,1-2,6-7H2/t8-,12+/m0/s1. The van der Waals surface area contributed by atoms with Gasteiger partial charge >= 0.3 is 0 Å². The summed E-state index contributed by atoms with van der Waals surface area (Å²) in [7, 11) is 0. The van der Waals surface area contributed by atoms with Gasteiger partial charge in [-0.05, 0) is 24.5 Å². The topological polar surface area (TPSA) is 72.8 Å². The molecule has 2 aliphatic rings. The van der Waals surface area contributed by atoms with E-state index in [0.29, 0.717) is 11.5 Å². The average Bonchev–Trinajstić information content (AvgIpc) is 2.88. The summed E-state index contributed by atoms with van der Waals surface area (Å²) < 4.78 is 0. The van der Waals surface area contributed by atoms with Crippen LogP contribution in [-0.2, 0) is 0 Å². The van der Waals surface area contributed by atoms with Crippen LogP contribution >= 0.6 is 0 Å². The molecule has 18 heavy (non-hydrogen) atoms. The zero-order valence-corrected chi connectivity index (χ0v) is 9.97. The van der Waals surface area contributed by atoms with Crippen LogP contribution in [0.25, 0.3) is 0 Å². The van der Waals surface area contributed by atoms with Crippen LogP contribution in [0, 0.1) is 5.92 Å². The Labute approximate surface area is 105 Å². The normalized spacial score (nSPS) is 26.3. The Kier molecular flexibility index (Phi) is 2.63. The molecule has 0 radical (unpaired) electrons. The van der Waals surface area contributed by atoms with Crippen molar-refractivity contribution in [2.45, 2.75) is 12.5 Å². The van der Waals surface area contributed by atoms with Gasteiger partial charge in [0, 0.05) is 37.3 Å². The van der Waals surface area contributed by atoms with Crippen molar-refractivity contribution in [3.05, 3.63) is 23.8 Å². The van der Waals surface area contributed by atoms with Crippen molar-refractivity contribution in [2.75, 3.05) is 19.6 Å². The van der Waals surface area contributed by atoms with Gasteiger partial charge < -0.3 is 20.4 Å². The molecule has 0 unspecified atom stereocenters. The molecule has 0 bridgehead atoms. The number of rotatable bonds is 1. The molecule has 0 spiro atoms. The Morgan fingerprint density at radius 2 is 1.94 bits per heavy atom. The molecule has 2 atom stereocenters. The highest BCUT2D eigenvalue weighted by Crippen LogP contribution is 2.30. The third kappa shape index (κ3) is 1.80. The molecule has 0 aliphatic carbocycles. The minimum absolute atomic E-state index is 0.0846. The largest absolute Gasteiger partial charge is 0.508 e. The van der Waals surface area contributed by atoms with E-state index in [9.17, 15) is 15.0 Å². The second kappa shape index (κ2) is 4.17. The number of hydrogen-bond acceptors (Lipinski definition) is 4. The first-order valence-electron chi connectivity index (χ1n) is 6.20. The number of benzene rings is 1. The van der Waals surface area contributed by atoms with Crippen LogP contribution in [0.5, 0.6) is 11.5 Å². The predicted molar refractivity (Wildman–Crippen MR) is 65.6 cm³/mol. The molecule has 1 aromatic carbocycles. The Morgan fingerprint density at radius 1 is 1.22 bits per heavy atom. The maximum atomic E-state index is 12.4. The van der Waals surface area contributed by atoms with Crippen LogP contribution in [0.1, 0.15) is 16.8 Å². The maximum absolute atomic E-state index is 12.4. The number of aromatic hydroxyl groups is 2. The number of fused-ring (bicyclic) bond motifs is 1. The van der Waals surface area contributed by atoms with Crippen LogP contribution in [0.3, 0.4) is 0 Å². The van der Waals surface area contributed by atoms with E-state index in [4.69, 9.17) is 0 Å². The first-order chi connectivity index (χ1) is 8.65. The Balaban J connectivity index is 1.86. The van der Waals surface area contributed by atoms with E-state index in [1.165, 1.54) is 18.2 Å². The van der Waals surface area contributed by atoms with E-state index < -0.39 is 0 Å². The molecule has 1 aromatic rings. The van der Waals surface area contributed by atoms with Crippen molar-refractivity contribution in [1.82, 2.24) is 10.2 Å². The lowest BCUT2D eigenvalue weighted by Gasteiger charge is -2.23. The van der Waals surface area contributed by atoms with Gasteiger partial charge in [0.05, 0.1) is 0 Å². The number of likely N-dealkylation sites (tertiary alicyclic amines) is 1. The van der Waals surface area contributed by atoms with Crippen molar-refractivity contribution < 1.29 is 15.0 Å². The molecule has 0 saturated carbocycles. The summed E-state index contributed by atoms with van der Waals surface area (Å²) >= 11 is 0. The van der Waals surface area contributed by atoms with Crippen molar-refractivity contribution in [3.63, 3.8) is 0 Å². The molecular formula is C13H16N2O3.